The molecule has 23 heavy (non-hydrogen) atoms. The van der Waals surface area contributed by atoms with Crippen molar-refractivity contribution in [2.24, 2.45) is 11.8 Å². The second-order valence-electron chi connectivity index (χ2n) is 7.24. The summed E-state index contributed by atoms with van der Waals surface area (Å²) in [6.07, 6.45) is 5.90. The molecule has 0 aromatic heterocycles. The van der Waals surface area contributed by atoms with Crippen LogP contribution in [0.15, 0.2) is 0 Å². The van der Waals surface area contributed by atoms with E-state index in [-0.39, 0.29) is 11.8 Å². The Balaban J connectivity index is 2.55. The minimum atomic E-state index is -0.515. The summed E-state index contributed by atoms with van der Waals surface area (Å²) >= 11 is 0. The number of amides is 2. The Bertz CT molecular complexity index is 387. The molecular formula is C17H32N2O4. The quantitative estimate of drug-likeness (QED) is 0.761. The molecule has 134 valence electrons. The van der Waals surface area contributed by atoms with Gasteiger partial charge in [0.25, 0.3) is 0 Å². The van der Waals surface area contributed by atoms with E-state index in [1.165, 1.54) is 31.4 Å². The Labute approximate surface area is 139 Å². The second-order valence-corrected chi connectivity index (χ2v) is 7.24. The standard InChI is InChI=1S/C17H32N2O4/c1-17(2,3)23-16(21)18-12-11-14(15(20)19(4)22-5)13-9-7-6-8-10-13/h13-14H,6-12H2,1-5H3,(H,18,21)/t14-/m0/s1. The molecule has 0 spiro atoms. The number of rotatable bonds is 6. The lowest BCUT2D eigenvalue weighted by atomic mass is 9.78. The molecule has 0 saturated heterocycles. The van der Waals surface area contributed by atoms with Gasteiger partial charge in [-0.05, 0) is 46.0 Å². The monoisotopic (exact) mass is 328 g/mol. The fourth-order valence-corrected chi connectivity index (χ4v) is 3.06. The average Bonchev–Trinajstić information content (AvgIpc) is 2.49. The molecule has 1 rings (SSSR count). The van der Waals surface area contributed by atoms with E-state index in [9.17, 15) is 9.59 Å². The lowest BCUT2D eigenvalue weighted by Gasteiger charge is -2.31. The van der Waals surface area contributed by atoms with Crippen LogP contribution < -0.4 is 5.32 Å². The topological polar surface area (TPSA) is 67.9 Å². The third kappa shape index (κ3) is 7.20. The van der Waals surface area contributed by atoms with Crippen LogP contribution in [0.5, 0.6) is 0 Å². The fourth-order valence-electron chi connectivity index (χ4n) is 3.06. The van der Waals surface area contributed by atoms with Gasteiger partial charge in [0.2, 0.25) is 5.91 Å². The predicted molar refractivity (Wildman–Crippen MR) is 88.7 cm³/mol. The van der Waals surface area contributed by atoms with Crippen LogP contribution in [0.1, 0.15) is 59.3 Å². The normalized spacial score (nSPS) is 17.4. The van der Waals surface area contributed by atoms with Gasteiger partial charge in [-0.2, -0.15) is 0 Å². The number of nitrogens with one attached hydrogen (secondary N) is 1. The Morgan fingerprint density at radius 2 is 1.83 bits per heavy atom. The van der Waals surface area contributed by atoms with Gasteiger partial charge in [-0.15, -0.1) is 0 Å². The highest BCUT2D eigenvalue weighted by Gasteiger charge is 2.31. The van der Waals surface area contributed by atoms with E-state index in [1.54, 1.807) is 7.05 Å². The highest BCUT2D eigenvalue weighted by Crippen LogP contribution is 2.32. The lowest BCUT2D eigenvalue weighted by Crippen LogP contribution is -2.39. The van der Waals surface area contributed by atoms with Gasteiger partial charge in [-0.1, -0.05) is 19.3 Å². The largest absolute Gasteiger partial charge is 0.444 e. The van der Waals surface area contributed by atoms with Crippen LogP contribution in [-0.2, 0) is 14.4 Å². The van der Waals surface area contributed by atoms with E-state index >= 15 is 0 Å². The zero-order valence-corrected chi connectivity index (χ0v) is 15.2. The van der Waals surface area contributed by atoms with Crippen LogP contribution in [0.2, 0.25) is 0 Å². The number of carbonyl (C=O) groups excluding carboxylic acids is 2. The number of hydroxylamine groups is 2. The van der Waals surface area contributed by atoms with Crippen molar-refractivity contribution in [3.05, 3.63) is 0 Å². The summed E-state index contributed by atoms with van der Waals surface area (Å²) in [4.78, 5) is 29.3. The minimum Gasteiger partial charge on any atom is -0.444 e. The maximum absolute atomic E-state index is 12.5. The van der Waals surface area contributed by atoms with Gasteiger partial charge in [-0.25, -0.2) is 9.86 Å². The second kappa shape index (κ2) is 9.11. The van der Waals surface area contributed by atoms with Gasteiger partial charge in [0.1, 0.15) is 5.60 Å². The van der Waals surface area contributed by atoms with Crippen LogP contribution >= 0.6 is 0 Å². The van der Waals surface area contributed by atoms with Crippen molar-refractivity contribution in [1.29, 1.82) is 0 Å². The number of ether oxygens (including phenoxy) is 1. The predicted octanol–water partition coefficient (Wildman–Crippen LogP) is 3.12. The van der Waals surface area contributed by atoms with Crippen LogP contribution in [0.4, 0.5) is 4.79 Å². The van der Waals surface area contributed by atoms with Gasteiger partial charge in [0, 0.05) is 19.5 Å². The van der Waals surface area contributed by atoms with Crippen LogP contribution in [0, 0.1) is 11.8 Å². The lowest BCUT2D eigenvalue weighted by molar-refractivity contribution is -0.176. The Kier molecular flexibility index (Phi) is 7.82. The molecule has 0 bridgehead atoms. The molecule has 0 heterocycles. The number of nitrogens with zero attached hydrogens (tertiary/aromatic N) is 1. The molecular weight excluding hydrogens is 296 g/mol. The first-order valence-corrected chi connectivity index (χ1v) is 8.53. The van der Waals surface area contributed by atoms with Crippen molar-refractivity contribution >= 4 is 12.0 Å². The van der Waals surface area contributed by atoms with Crippen molar-refractivity contribution in [3.63, 3.8) is 0 Å². The summed E-state index contributed by atoms with van der Waals surface area (Å²) in [5.41, 5.74) is -0.515. The Morgan fingerprint density at radius 3 is 2.35 bits per heavy atom. The van der Waals surface area contributed by atoms with Gasteiger partial charge >= 0.3 is 6.09 Å². The van der Waals surface area contributed by atoms with E-state index in [2.05, 4.69) is 5.32 Å². The van der Waals surface area contributed by atoms with E-state index in [1.807, 2.05) is 20.8 Å². The van der Waals surface area contributed by atoms with E-state index < -0.39 is 11.7 Å². The zero-order valence-electron chi connectivity index (χ0n) is 15.2. The van der Waals surface area contributed by atoms with E-state index in [0.717, 1.165) is 12.8 Å². The van der Waals surface area contributed by atoms with Crippen LogP contribution in [0.3, 0.4) is 0 Å². The van der Waals surface area contributed by atoms with Gasteiger partial charge in [-0.3, -0.25) is 9.63 Å². The molecule has 0 aromatic carbocycles. The summed E-state index contributed by atoms with van der Waals surface area (Å²) in [6, 6.07) is 0. The van der Waals surface area contributed by atoms with E-state index in [4.69, 9.17) is 9.57 Å². The van der Waals surface area contributed by atoms with Crippen molar-refractivity contribution in [3.8, 4) is 0 Å². The molecule has 2 amide bonds. The molecule has 1 aliphatic rings. The molecule has 1 atom stereocenters. The Morgan fingerprint density at radius 1 is 1.22 bits per heavy atom. The maximum atomic E-state index is 12.5. The number of carbonyl (C=O) groups is 2. The third-order valence-corrected chi connectivity index (χ3v) is 4.24. The van der Waals surface area contributed by atoms with Crippen LogP contribution in [-0.4, -0.2) is 43.4 Å². The molecule has 1 fully saturated rings. The number of hydrogen-bond donors (Lipinski definition) is 1. The smallest absolute Gasteiger partial charge is 0.407 e. The van der Waals surface area contributed by atoms with Gasteiger partial charge in [0.05, 0.1) is 7.11 Å². The molecule has 0 unspecified atom stereocenters. The first-order chi connectivity index (χ1) is 10.7. The zero-order chi connectivity index (χ0) is 17.5. The van der Waals surface area contributed by atoms with E-state index in [0.29, 0.717) is 18.9 Å². The minimum absolute atomic E-state index is 0.00890. The molecule has 6 nitrogen and oxygen atoms in total. The highest BCUT2D eigenvalue weighted by molar-refractivity contribution is 5.78. The van der Waals surface area contributed by atoms with Crippen molar-refractivity contribution in [2.45, 2.75) is 64.9 Å². The SMILES string of the molecule is CON(C)C(=O)[C@@H](CCNC(=O)OC(C)(C)C)C1CCCCC1. The summed E-state index contributed by atoms with van der Waals surface area (Å²) < 4.78 is 5.22. The molecule has 1 N–H and O–H groups in total. The number of alkyl carbamates (subject to hydrolysis) is 1. The molecule has 0 aromatic rings. The highest BCUT2D eigenvalue weighted by atomic mass is 16.7. The van der Waals surface area contributed by atoms with Crippen molar-refractivity contribution in [2.75, 3.05) is 20.7 Å². The summed E-state index contributed by atoms with van der Waals surface area (Å²) in [6.45, 7) is 5.91. The first kappa shape index (κ1) is 19.7. The average molecular weight is 328 g/mol. The third-order valence-electron chi connectivity index (χ3n) is 4.24. The fraction of sp³-hybridized carbons (Fsp3) is 0.882. The maximum Gasteiger partial charge on any atom is 0.407 e. The van der Waals surface area contributed by atoms with Crippen molar-refractivity contribution < 1.29 is 19.2 Å². The van der Waals surface area contributed by atoms with Crippen molar-refractivity contribution in [1.82, 2.24) is 10.4 Å². The summed E-state index contributed by atoms with van der Waals surface area (Å²) in [7, 11) is 3.13. The number of hydrogen-bond acceptors (Lipinski definition) is 4. The Hall–Kier alpha value is -1.30. The summed E-state index contributed by atoms with van der Waals surface area (Å²) in [5, 5.41) is 4.05. The van der Waals surface area contributed by atoms with Gasteiger partial charge < -0.3 is 10.1 Å². The molecule has 0 radical (unpaired) electrons. The molecule has 6 heteroatoms. The summed E-state index contributed by atoms with van der Waals surface area (Å²) in [5.74, 6) is 0.245. The first-order valence-electron chi connectivity index (χ1n) is 8.53. The van der Waals surface area contributed by atoms with Crippen LogP contribution in [0.25, 0.3) is 0 Å². The molecule has 1 aliphatic carbocycles. The van der Waals surface area contributed by atoms with Gasteiger partial charge in [0.15, 0.2) is 0 Å². The molecule has 1 saturated carbocycles. The molecule has 0 aliphatic heterocycles.